The van der Waals surface area contributed by atoms with Gasteiger partial charge in [-0.05, 0) is 44.0 Å². The lowest BCUT2D eigenvalue weighted by Crippen LogP contribution is -2.03. The van der Waals surface area contributed by atoms with E-state index in [0.29, 0.717) is 11.4 Å². The molecule has 0 saturated heterocycles. The summed E-state index contributed by atoms with van der Waals surface area (Å²) in [6.07, 6.45) is 0.0363. The van der Waals surface area contributed by atoms with Crippen LogP contribution in [0.5, 0.6) is 0 Å². The fourth-order valence-electron chi connectivity index (χ4n) is 1.91. The van der Waals surface area contributed by atoms with Gasteiger partial charge in [0.25, 0.3) is 0 Å². The smallest absolute Gasteiger partial charge is 0.0960 e. The van der Waals surface area contributed by atoms with Crippen LogP contribution in [0.1, 0.15) is 32.8 Å². The third-order valence-electron chi connectivity index (χ3n) is 3.03. The molecule has 0 aliphatic rings. The van der Waals surface area contributed by atoms with Crippen molar-refractivity contribution < 1.29 is 5.11 Å². The molecule has 18 heavy (non-hydrogen) atoms. The van der Waals surface area contributed by atoms with Crippen LogP contribution < -0.4 is 0 Å². The van der Waals surface area contributed by atoms with Gasteiger partial charge in [-0.2, -0.15) is 0 Å². The van der Waals surface area contributed by atoms with Gasteiger partial charge in [0, 0.05) is 16.3 Å². The number of thiazole rings is 1. The molecule has 2 nitrogen and oxygen atoms in total. The van der Waals surface area contributed by atoms with Gasteiger partial charge in [0.15, 0.2) is 0 Å². The number of halogens is 1. The predicted molar refractivity (Wildman–Crippen MR) is 76.4 cm³/mol. The van der Waals surface area contributed by atoms with Crippen molar-refractivity contribution in [3.63, 3.8) is 0 Å². The van der Waals surface area contributed by atoms with Crippen LogP contribution in [-0.2, 0) is 6.42 Å². The lowest BCUT2D eigenvalue weighted by atomic mass is 10.0. The van der Waals surface area contributed by atoms with Gasteiger partial charge in [0.2, 0.25) is 0 Å². The molecular formula is C14H16ClNOS. The number of rotatable bonds is 3. The molecule has 4 heteroatoms. The van der Waals surface area contributed by atoms with E-state index in [2.05, 4.69) is 11.9 Å². The van der Waals surface area contributed by atoms with Gasteiger partial charge < -0.3 is 5.11 Å². The average Bonchev–Trinajstić information content (AvgIpc) is 2.57. The monoisotopic (exact) mass is 281 g/mol. The van der Waals surface area contributed by atoms with E-state index in [9.17, 15) is 5.11 Å². The highest BCUT2D eigenvalue weighted by atomic mass is 35.5. The first-order valence-corrected chi connectivity index (χ1v) is 7.04. The molecule has 2 rings (SSSR count). The predicted octanol–water partition coefficient (Wildman–Crippen LogP) is 4.00. The SMILES string of the molecule is Cc1cc(Cl)ccc1C(O)Cc1nc(C)c(C)s1. The highest BCUT2D eigenvalue weighted by molar-refractivity contribution is 7.11. The van der Waals surface area contributed by atoms with Gasteiger partial charge >= 0.3 is 0 Å². The zero-order valence-corrected chi connectivity index (χ0v) is 12.3. The van der Waals surface area contributed by atoms with Crippen LogP contribution in [0.2, 0.25) is 5.02 Å². The van der Waals surface area contributed by atoms with Crippen molar-refractivity contribution in [3.05, 3.63) is 49.9 Å². The second-order valence-corrected chi connectivity index (χ2v) is 6.19. The van der Waals surface area contributed by atoms with E-state index >= 15 is 0 Å². The van der Waals surface area contributed by atoms with Crippen LogP contribution in [0, 0.1) is 20.8 Å². The van der Waals surface area contributed by atoms with Crippen LogP contribution in [0.3, 0.4) is 0 Å². The average molecular weight is 282 g/mol. The molecule has 1 heterocycles. The first-order valence-electron chi connectivity index (χ1n) is 5.84. The maximum Gasteiger partial charge on any atom is 0.0960 e. The summed E-state index contributed by atoms with van der Waals surface area (Å²) in [4.78, 5) is 5.67. The maximum atomic E-state index is 10.3. The highest BCUT2D eigenvalue weighted by Gasteiger charge is 2.14. The molecule has 0 amide bonds. The molecule has 0 radical (unpaired) electrons. The van der Waals surface area contributed by atoms with Gasteiger partial charge in [0.1, 0.15) is 0 Å². The van der Waals surface area contributed by atoms with E-state index in [0.717, 1.165) is 21.8 Å². The molecular weight excluding hydrogens is 266 g/mol. The van der Waals surface area contributed by atoms with Crippen LogP contribution >= 0.6 is 22.9 Å². The van der Waals surface area contributed by atoms with Crippen molar-refractivity contribution in [2.24, 2.45) is 0 Å². The van der Waals surface area contributed by atoms with Crippen molar-refractivity contribution >= 4 is 22.9 Å². The summed E-state index contributed by atoms with van der Waals surface area (Å²) in [5, 5.41) is 11.9. The Morgan fingerprint density at radius 1 is 1.33 bits per heavy atom. The van der Waals surface area contributed by atoms with Crippen molar-refractivity contribution in [1.29, 1.82) is 0 Å². The summed E-state index contributed by atoms with van der Waals surface area (Å²) in [6.45, 7) is 6.01. The van der Waals surface area contributed by atoms with E-state index in [4.69, 9.17) is 11.6 Å². The molecule has 1 unspecified atom stereocenters. The van der Waals surface area contributed by atoms with Crippen LogP contribution in [0.25, 0.3) is 0 Å². The number of aliphatic hydroxyl groups excluding tert-OH is 1. The van der Waals surface area contributed by atoms with E-state index in [-0.39, 0.29) is 0 Å². The van der Waals surface area contributed by atoms with Gasteiger partial charge in [-0.3, -0.25) is 0 Å². The zero-order chi connectivity index (χ0) is 13.3. The number of hydrogen-bond donors (Lipinski definition) is 1. The Morgan fingerprint density at radius 3 is 2.61 bits per heavy atom. The molecule has 1 aromatic carbocycles. The Bertz CT molecular complexity index is 545. The normalized spacial score (nSPS) is 12.7. The molecule has 0 fully saturated rings. The Morgan fingerprint density at radius 2 is 2.06 bits per heavy atom. The molecule has 0 aliphatic carbocycles. The summed E-state index contributed by atoms with van der Waals surface area (Å²) in [5.41, 5.74) is 2.99. The van der Waals surface area contributed by atoms with Crippen LogP contribution in [0.4, 0.5) is 0 Å². The van der Waals surface area contributed by atoms with Gasteiger partial charge in [-0.15, -0.1) is 11.3 Å². The molecule has 0 aliphatic heterocycles. The Hall–Kier alpha value is -0.900. The fraction of sp³-hybridized carbons (Fsp3) is 0.357. The van der Waals surface area contributed by atoms with Gasteiger partial charge in [0.05, 0.1) is 16.8 Å². The van der Waals surface area contributed by atoms with Crippen molar-refractivity contribution in [2.75, 3.05) is 0 Å². The molecule has 2 aromatic rings. The van der Waals surface area contributed by atoms with E-state index in [1.807, 2.05) is 32.0 Å². The summed E-state index contributed by atoms with van der Waals surface area (Å²) in [5.74, 6) is 0. The summed E-state index contributed by atoms with van der Waals surface area (Å²) >= 11 is 7.56. The second kappa shape index (κ2) is 5.39. The van der Waals surface area contributed by atoms with Crippen molar-refractivity contribution in [2.45, 2.75) is 33.3 Å². The highest BCUT2D eigenvalue weighted by Crippen LogP contribution is 2.26. The van der Waals surface area contributed by atoms with E-state index in [1.54, 1.807) is 11.3 Å². The summed E-state index contributed by atoms with van der Waals surface area (Å²) in [6, 6.07) is 5.57. The number of nitrogens with zero attached hydrogens (tertiary/aromatic N) is 1. The number of aliphatic hydroxyl groups is 1. The minimum atomic E-state index is -0.521. The first-order chi connectivity index (χ1) is 8.47. The Balaban J connectivity index is 2.19. The summed E-state index contributed by atoms with van der Waals surface area (Å²) in [7, 11) is 0. The Kier molecular flexibility index (Phi) is 4.05. The van der Waals surface area contributed by atoms with Gasteiger partial charge in [-0.1, -0.05) is 17.7 Å². The lowest BCUT2D eigenvalue weighted by Gasteiger charge is -2.12. The van der Waals surface area contributed by atoms with E-state index in [1.165, 1.54) is 4.88 Å². The van der Waals surface area contributed by atoms with E-state index < -0.39 is 6.10 Å². The number of aromatic nitrogens is 1. The third kappa shape index (κ3) is 2.91. The topological polar surface area (TPSA) is 33.1 Å². The number of benzene rings is 1. The molecule has 0 spiro atoms. The summed E-state index contributed by atoms with van der Waals surface area (Å²) < 4.78 is 0. The third-order valence-corrected chi connectivity index (χ3v) is 4.36. The van der Waals surface area contributed by atoms with Crippen LogP contribution in [-0.4, -0.2) is 10.1 Å². The molecule has 0 bridgehead atoms. The molecule has 1 aromatic heterocycles. The first kappa shape index (κ1) is 13.5. The van der Waals surface area contributed by atoms with Crippen molar-refractivity contribution in [1.82, 2.24) is 4.98 Å². The minimum Gasteiger partial charge on any atom is -0.388 e. The quantitative estimate of drug-likeness (QED) is 0.922. The standard InChI is InChI=1S/C14H16ClNOS/c1-8-6-11(15)4-5-12(8)13(17)7-14-16-9(2)10(3)18-14/h4-6,13,17H,7H2,1-3H3. The lowest BCUT2D eigenvalue weighted by molar-refractivity contribution is 0.177. The maximum absolute atomic E-state index is 10.3. The van der Waals surface area contributed by atoms with Crippen LogP contribution in [0.15, 0.2) is 18.2 Å². The molecule has 0 saturated carbocycles. The molecule has 96 valence electrons. The number of aryl methyl sites for hydroxylation is 3. The fourth-order valence-corrected chi connectivity index (χ4v) is 3.11. The van der Waals surface area contributed by atoms with Crippen molar-refractivity contribution in [3.8, 4) is 0 Å². The minimum absolute atomic E-state index is 0.521. The second-order valence-electron chi connectivity index (χ2n) is 4.47. The van der Waals surface area contributed by atoms with Gasteiger partial charge in [-0.25, -0.2) is 4.98 Å². The molecule has 1 atom stereocenters. The zero-order valence-electron chi connectivity index (χ0n) is 10.7. The molecule has 1 N–H and O–H groups in total. The number of hydrogen-bond acceptors (Lipinski definition) is 3. The largest absolute Gasteiger partial charge is 0.388 e. The Labute approximate surface area is 116 Å².